The molecule has 4 rings (SSSR count). The lowest BCUT2D eigenvalue weighted by Crippen LogP contribution is -2.14. The van der Waals surface area contributed by atoms with E-state index in [4.69, 9.17) is 21.1 Å². The zero-order valence-corrected chi connectivity index (χ0v) is 19.7. The Morgan fingerprint density at radius 3 is 2.60 bits per heavy atom. The van der Waals surface area contributed by atoms with Crippen molar-refractivity contribution in [1.29, 1.82) is 0 Å². The van der Waals surface area contributed by atoms with Crippen LogP contribution in [0, 0.1) is 24.0 Å². The predicted octanol–water partition coefficient (Wildman–Crippen LogP) is 6.14. The fourth-order valence-electron chi connectivity index (χ4n) is 3.24. The Bertz CT molecular complexity index is 1400. The predicted molar refractivity (Wildman–Crippen MR) is 131 cm³/mol. The maximum Gasteiger partial charge on any atom is 0.276 e. The van der Waals surface area contributed by atoms with Gasteiger partial charge < -0.3 is 14.8 Å². The van der Waals surface area contributed by atoms with Crippen LogP contribution in [0.5, 0.6) is 17.2 Å². The van der Waals surface area contributed by atoms with Gasteiger partial charge in [-0.15, -0.1) is 0 Å². The Morgan fingerprint density at radius 1 is 1.06 bits per heavy atom. The van der Waals surface area contributed by atoms with Crippen LogP contribution >= 0.6 is 11.6 Å². The van der Waals surface area contributed by atoms with Crippen LogP contribution in [0.3, 0.4) is 0 Å². The number of aromatic nitrogens is 2. The summed E-state index contributed by atoms with van der Waals surface area (Å²) in [7, 11) is 0. The zero-order chi connectivity index (χ0) is 24.9. The van der Waals surface area contributed by atoms with Crippen LogP contribution in [-0.2, 0) is 6.73 Å². The number of benzene rings is 3. The molecule has 0 spiro atoms. The second kappa shape index (κ2) is 10.3. The van der Waals surface area contributed by atoms with Crippen LogP contribution in [0.15, 0.2) is 72.9 Å². The van der Waals surface area contributed by atoms with Crippen molar-refractivity contribution in [1.82, 2.24) is 9.78 Å². The van der Waals surface area contributed by atoms with Gasteiger partial charge in [-0.1, -0.05) is 29.8 Å². The highest BCUT2D eigenvalue weighted by Crippen LogP contribution is 2.31. The fourth-order valence-corrected chi connectivity index (χ4v) is 3.36. The minimum atomic E-state index is -0.562. The molecule has 0 atom stereocenters. The number of hydrogen-bond donors (Lipinski definition) is 1. The minimum Gasteiger partial charge on any atom is -0.471 e. The van der Waals surface area contributed by atoms with E-state index in [-0.39, 0.29) is 29.5 Å². The lowest BCUT2D eigenvalue weighted by molar-refractivity contribution is -0.384. The molecule has 1 amide bonds. The zero-order valence-electron chi connectivity index (χ0n) is 18.9. The molecule has 0 unspecified atom stereocenters. The maximum atomic E-state index is 12.7. The van der Waals surface area contributed by atoms with Gasteiger partial charge in [0.1, 0.15) is 17.2 Å². The van der Waals surface area contributed by atoms with Gasteiger partial charge in [0.2, 0.25) is 0 Å². The van der Waals surface area contributed by atoms with E-state index in [0.717, 1.165) is 11.1 Å². The van der Waals surface area contributed by atoms with Crippen molar-refractivity contribution in [2.75, 3.05) is 5.32 Å². The molecule has 178 valence electrons. The van der Waals surface area contributed by atoms with Crippen molar-refractivity contribution in [3.05, 3.63) is 105 Å². The number of carbonyl (C=O) groups is 1. The molecule has 35 heavy (non-hydrogen) atoms. The molecular formula is C25H21ClN4O5. The number of amides is 1. The smallest absolute Gasteiger partial charge is 0.276 e. The van der Waals surface area contributed by atoms with E-state index in [9.17, 15) is 14.9 Å². The topological polar surface area (TPSA) is 109 Å². The Balaban J connectivity index is 1.48. The summed E-state index contributed by atoms with van der Waals surface area (Å²) < 4.78 is 13.0. The monoisotopic (exact) mass is 492 g/mol. The van der Waals surface area contributed by atoms with Gasteiger partial charge in [-0.2, -0.15) is 5.10 Å². The number of hydrogen-bond acceptors (Lipinski definition) is 6. The van der Waals surface area contributed by atoms with Gasteiger partial charge in [-0.25, -0.2) is 4.68 Å². The summed E-state index contributed by atoms with van der Waals surface area (Å²) >= 11 is 6.04. The maximum absolute atomic E-state index is 12.7. The number of nitrogens with one attached hydrogen (secondary N) is 1. The first kappa shape index (κ1) is 23.8. The summed E-state index contributed by atoms with van der Waals surface area (Å²) in [5.41, 5.74) is 1.86. The molecule has 0 saturated heterocycles. The van der Waals surface area contributed by atoms with E-state index in [1.54, 1.807) is 24.4 Å². The van der Waals surface area contributed by atoms with Crippen LogP contribution in [0.4, 0.5) is 11.4 Å². The molecule has 10 heteroatoms. The number of halogens is 1. The van der Waals surface area contributed by atoms with Crippen molar-refractivity contribution in [3.63, 3.8) is 0 Å². The lowest BCUT2D eigenvalue weighted by Gasteiger charge is -2.10. The number of ether oxygens (including phenoxy) is 2. The molecule has 0 aliphatic rings. The van der Waals surface area contributed by atoms with E-state index in [2.05, 4.69) is 10.4 Å². The molecule has 0 aliphatic heterocycles. The van der Waals surface area contributed by atoms with Gasteiger partial charge >= 0.3 is 0 Å². The second-order valence-electron chi connectivity index (χ2n) is 7.72. The highest BCUT2D eigenvalue weighted by Gasteiger charge is 2.16. The molecule has 1 heterocycles. The van der Waals surface area contributed by atoms with Gasteiger partial charge in [0.25, 0.3) is 11.6 Å². The van der Waals surface area contributed by atoms with Crippen molar-refractivity contribution in [2.45, 2.75) is 20.6 Å². The van der Waals surface area contributed by atoms with Crippen molar-refractivity contribution >= 4 is 28.9 Å². The SMILES string of the molecule is Cc1cc(Oc2cc(NC(=O)c3ccn(COc4ccccc4C)n3)cc([N+](=O)[O-])c2)ccc1Cl. The number of nitro groups is 1. The normalized spacial score (nSPS) is 10.6. The molecular weight excluding hydrogens is 472 g/mol. The van der Waals surface area contributed by atoms with Crippen LogP contribution in [-0.4, -0.2) is 20.6 Å². The number of nitro benzene ring substituents is 1. The lowest BCUT2D eigenvalue weighted by atomic mass is 10.2. The molecule has 0 bridgehead atoms. The van der Waals surface area contributed by atoms with Gasteiger partial charge in [-0.05, 0) is 55.3 Å². The fraction of sp³-hybridized carbons (Fsp3) is 0.120. The van der Waals surface area contributed by atoms with E-state index in [0.29, 0.717) is 16.5 Å². The highest BCUT2D eigenvalue weighted by atomic mass is 35.5. The summed E-state index contributed by atoms with van der Waals surface area (Å²) in [5.74, 6) is 0.827. The third kappa shape index (κ3) is 5.96. The summed E-state index contributed by atoms with van der Waals surface area (Å²) in [6.07, 6.45) is 1.61. The number of aryl methyl sites for hydroxylation is 2. The van der Waals surface area contributed by atoms with Crippen LogP contribution in [0.2, 0.25) is 5.02 Å². The van der Waals surface area contributed by atoms with E-state index in [1.165, 1.54) is 28.9 Å². The number of rotatable bonds is 8. The number of nitrogens with zero attached hydrogens (tertiary/aromatic N) is 3. The van der Waals surface area contributed by atoms with Crippen LogP contribution in [0.25, 0.3) is 0 Å². The average Bonchev–Trinajstić information content (AvgIpc) is 3.30. The third-order valence-electron chi connectivity index (χ3n) is 5.04. The van der Waals surface area contributed by atoms with E-state index < -0.39 is 10.8 Å². The second-order valence-corrected chi connectivity index (χ2v) is 8.13. The Labute approximate surface area is 206 Å². The molecule has 0 saturated carbocycles. The van der Waals surface area contributed by atoms with Crippen LogP contribution < -0.4 is 14.8 Å². The largest absolute Gasteiger partial charge is 0.471 e. The third-order valence-corrected chi connectivity index (χ3v) is 5.47. The number of para-hydroxylation sites is 1. The summed E-state index contributed by atoms with van der Waals surface area (Å²) in [5, 5.41) is 18.8. The first-order chi connectivity index (χ1) is 16.8. The Hall–Kier alpha value is -4.37. The quantitative estimate of drug-likeness (QED) is 0.233. The molecule has 0 radical (unpaired) electrons. The standard InChI is InChI=1S/C25H21ClN4O5/c1-16-5-3-4-6-24(16)34-15-29-10-9-23(28-29)25(31)27-18-12-19(30(32)33)14-21(13-18)35-20-7-8-22(26)17(2)11-20/h3-14H,15H2,1-2H3,(H,27,31). The van der Waals surface area contributed by atoms with Crippen LogP contribution in [0.1, 0.15) is 21.6 Å². The molecule has 0 fully saturated rings. The van der Waals surface area contributed by atoms with Gasteiger partial charge in [0, 0.05) is 23.4 Å². The summed E-state index contributed by atoms with van der Waals surface area (Å²) in [6, 6.07) is 18.1. The van der Waals surface area contributed by atoms with Gasteiger partial charge in [0.05, 0.1) is 16.7 Å². The first-order valence-electron chi connectivity index (χ1n) is 10.6. The van der Waals surface area contributed by atoms with Gasteiger partial charge in [-0.3, -0.25) is 14.9 Å². The molecule has 9 nitrogen and oxygen atoms in total. The molecule has 3 aromatic carbocycles. The van der Waals surface area contributed by atoms with Crippen molar-refractivity contribution in [2.24, 2.45) is 0 Å². The molecule has 4 aromatic rings. The number of non-ortho nitro benzene ring substituents is 1. The Morgan fingerprint density at radius 2 is 1.86 bits per heavy atom. The summed E-state index contributed by atoms with van der Waals surface area (Å²) in [4.78, 5) is 23.6. The molecule has 1 N–H and O–H groups in total. The number of carbonyl (C=O) groups excluding carboxylic acids is 1. The summed E-state index contributed by atoms with van der Waals surface area (Å²) in [6.45, 7) is 3.87. The highest BCUT2D eigenvalue weighted by molar-refractivity contribution is 6.31. The minimum absolute atomic E-state index is 0.118. The average molecular weight is 493 g/mol. The van der Waals surface area contributed by atoms with Crippen molar-refractivity contribution in [3.8, 4) is 17.2 Å². The molecule has 0 aliphatic carbocycles. The molecule has 1 aromatic heterocycles. The Kier molecular flexibility index (Phi) is 6.98. The van der Waals surface area contributed by atoms with Gasteiger partial charge in [0.15, 0.2) is 12.4 Å². The number of anilines is 1. The van der Waals surface area contributed by atoms with Crippen molar-refractivity contribution < 1.29 is 19.2 Å². The van der Waals surface area contributed by atoms with E-state index >= 15 is 0 Å². The van der Waals surface area contributed by atoms with E-state index in [1.807, 2.05) is 38.1 Å². The first-order valence-corrected chi connectivity index (χ1v) is 10.9.